The first-order valence-corrected chi connectivity index (χ1v) is 6.29. The number of unbranched alkanes of at least 4 members (excludes halogenated alkanes) is 3. The molecule has 0 bridgehead atoms. The second-order valence-electron chi connectivity index (χ2n) is 4.27. The van der Waals surface area contributed by atoms with Gasteiger partial charge in [-0.3, -0.25) is 0 Å². The Morgan fingerprint density at radius 3 is 2.94 bits per heavy atom. The van der Waals surface area contributed by atoms with Gasteiger partial charge < -0.3 is 4.74 Å². The van der Waals surface area contributed by atoms with E-state index in [0.717, 1.165) is 12.2 Å². The van der Waals surface area contributed by atoms with E-state index in [9.17, 15) is 0 Å². The number of hydrogen-bond acceptors (Lipinski definition) is 3. The first-order valence-electron chi connectivity index (χ1n) is 6.29. The minimum atomic E-state index is 0.195. The highest BCUT2D eigenvalue weighted by molar-refractivity contribution is 5.29. The molecule has 0 amide bonds. The van der Waals surface area contributed by atoms with E-state index in [1.165, 1.54) is 25.7 Å². The molecule has 0 spiro atoms. The number of pyridine rings is 1. The van der Waals surface area contributed by atoms with Gasteiger partial charge in [0, 0.05) is 12.3 Å². The van der Waals surface area contributed by atoms with Crippen molar-refractivity contribution in [2.75, 3.05) is 0 Å². The van der Waals surface area contributed by atoms with Crippen LogP contribution in [0.15, 0.2) is 18.3 Å². The van der Waals surface area contributed by atoms with E-state index in [1.807, 2.05) is 6.07 Å². The third kappa shape index (κ3) is 5.35. The Hall–Kier alpha value is -1.56. The van der Waals surface area contributed by atoms with Crippen molar-refractivity contribution in [1.29, 1.82) is 5.26 Å². The normalized spacial score (nSPS) is 11.8. The maximum atomic E-state index is 8.73. The van der Waals surface area contributed by atoms with Crippen LogP contribution in [0.5, 0.6) is 5.75 Å². The maximum absolute atomic E-state index is 8.73. The molecule has 0 aliphatic carbocycles. The zero-order chi connectivity index (χ0) is 12.5. The van der Waals surface area contributed by atoms with Gasteiger partial charge in [-0.1, -0.05) is 26.2 Å². The van der Waals surface area contributed by atoms with Gasteiger partial charge in [-0.05, 0) is 25.8 Å². The minimum Gasteiger partial charge on any atom is -0.491 e. The second-order valence-corrected chi connectivity index (χ2v) is 4.27. The largest absolute Gasteiger partial charge is 0.491 e. The molecule has 0 fully saturated rings. The Morgan fingerprint density at radius 1 is 1.41 bits per heavy atom. The highest BCUT2D eigenvalue weighted by Gasteiger charge is 2.04. The van der Waals surface area contributed by atoms with E-state index in [4.69, 9.17) is 10.00 Å². The Labute approximate surface area is 103 Å². The molecule has 0 saturated heterocycles. The molecule has 0 N–H and O–H groups in total. The van der Waals surface area contributed by atoms with E-state index in [1.54, 1.807) is 18.3 Å². The standard InChI is InChI=1S/C14H20N2O/c1-3-4-5-6-7-12(2)17-14-8-9-16-13(10-14)11-15/h8-10,12H,3-7H2,1-2H3. The average molecular weight is 232 g/mol. The van der Waals surface area contributed by atoms with E-state index in [0.29, 0.717) is 5.69 Å². The molecule has 0 aliphatic rings. The lowest BCUT2D eigenvalue weighted by Gasteiger charge is -2.14. The number of aromatic nitrogens is 1. The molecule has 17 heavy (non-hydrogen) atoms. The summed E-state index contributed by atoms with van der Waals surface area (Å²) < 4.78 is 5.75. The van der Waals surface area contributed by atoms with Gasteiger partial charge >= 0.3 is 0 Å². The fraction of sp³-hybridized carbons (Fsp3) is 0.571. The van der Waals surface area contributed by atoms with Crippen LogP contribution in [0.3, 0.4) is 0 Å². The summed E-state index contributed by atoms with van der Waals surface area (Å²) in [6.45, 7) is 4.28. The number of nitriles is 1. The van der Waals surface area contributed by atoms with Gasteiger partial charge in [-0.2, -0.15) is 5.26 Å². The van der Waals surface area contributed by atoms with Crippen molar-refractivity contribution < 1.29 is 4.74 Å². The lowest BCUT2D eigenvalue weighted by Crippen LogP contribution is -2.11. The summed E-state index contributed by atoms with van der Waals surface area (Å²) in [7, 11) is 0. The minimum absolute atomic E-state index is 0.195. The smallest absolute Gasteiger partial charge is 0.144 e. The quantitative estimate of drug-likeness (QED) is 0.673. The van der Waals surface area contributed by atoms with Gasteiger partial charge in [0.1, 0.15) is 17.5 Å². The summed E-state index contributed by atoms with van der Waals surface area (Å²) in [6, 6.07) is 5.49. The van der Waals surface area contributed by atoms with Crippen molar-refractivity contribution in [2.24, 2.45) is 0 Å². The van der Waals surface area contributed by atoms with Crippen LogP contribution in [0.1, 0.15) is 51.6 Å². The fourth-order valence-corrected chi connectivity index (χ4v) is 1.70. The van der Waals surface area contributed by atoms with Crippen molar-refractivity contribution in [3.05, 3.63) is 24.0 Å². The van der Waals surface area contributed by atoms with E-state index >= 15 is 0 Å². The third-order valence-corrected chi connectivity index (χ3v) is 2.65. The van der Waals surface area contributed by atoms with Crippen molar-refractivity contribution in [2.45, 2.75) is 52.1 Å². The van der Waals surface area contributed by atoms with Crippen LogP contribution in [0.4, 0.5) is 0 Å². The molecule has 0 aliphatic heterocycles. The summed E-state index contributed by atoms with van der Waals surface area (Å²) in [6.07, 6.45) is 7.88. The van der Waals surface area contributed by atoms with Crippen molar-refractivity contribution in [3.8, 4) is 11.8 Å². The zero-order valence-corrected chi connectivity index (χ0v) is 10.6. The zero-order valence-electron chi connectivity index (χ0n) is 10.6. The Bertz CT molecular complexity index is 371. The third-order valence-electron chi connectivity index (χ3n) is 2.65. The molecular weight excluding hydrogens is 212 g/mol. The molecule has 0 saturated carbocycles. The van der Waals surface area contributed by atoms with Crippen LogP contribution in [0.2, 0.25) is 0 Å². The second kappa shape index (κ2) is 7.67. The van der Waals surface area contributed by atoms with E-state index in [-0.39, 0.29) is 6.10 Å². The molecular formula is C14H20N2O. The lowest BCUT2D eigenvalue weighted by molar-refractivity contribution is 0.206. The molecule has 1 unspecified atom stereocenters. The average Bonchev–Trinajstić information content (AvgIpc) is 2.35. The molecule has 1 aromatic rings. The van der Waals surface area contributed by atoms with Gasteiger partial charge in [-0.25, -0.2) is 4.98 Å². The van der Waals surface area contributed by atoms with Gasteiger partial charge in [0.05, 0.1) is 6.10 Å². The van der Waals surface area contributed by atoms with Crippen molar-refractivity contribution >= 4 is 0 Å². The maximum Gasteiger partial charge on any atom is 0.144 e. The SMILES string of the molecule is CCCCCCC(C)Oc1ccnc(C#N)c1. The van der Waals surface area contributed by atoms with E-state index < -0.39 is 0 Å². The monoisotopic (exact) mass is 232 g/mol. The Balaban J connectivity index is 2.34. The number of hydrogen-bond donors (Lipinski definition) is 0. The molecule has 3 heteroatoms. The van der Waals surface area contributed by atoms with Gasteiger partial charge in [0.2, 0.25) is 0 Å². The highest BCUT2D eigenvalue weighted by Crippen LogP contribution is 2.15. The topological polar surface area (TPSA) is 45.9 Å². The molecule has 0 aromatic carbocycles. The molecule has 1 rings (SSSR count). The Morgan fingerprint density at radius 2 is 2.24 bits per heavy atom. The first-order chi connectivity index (χ1) is 8.26. The Kier molecular flexibility index (Phi) is 6.09. The predicted octanol–water partition coefficient (Wildman–Crippen LogP) is 3.69. The molecule has 1 heterocycles. The molecule has 92 valence electrons. The molecule has 1 aromatic heterocycles. The number of nitrogens with zero attached hydrogens (tertiary/aromatic N) is 2. The first kappa shape index (κ1) is 13.5. The number of ether oxygens (including phenoxy) is 1. The van der Waals surface area contributed by atoms with Crippen LogP contribution >= 0.6 is 0 Å². The van der Waals surface area contributed by atoms with Crippen molar-refractivity contribution in [3.63, 3.8) is 0 Å². The number of rotatable bonds is 7. The van der Waals surface area contributed by atoms with Gasteiger partial charge in [0.15, 0.2) is 0 Å². The summed E-state index contributed by atoms with van der Waals surface area (Å²) in [4.78, 5) is 3.91. The van der Waals surface area contributed by atoms with Crippen molar-refractivity contribution in [1.82, 2.24) is 4.98 Å². The molecule has 3 nitrogen and oxygen atoms in total. The summed E-state index contributed by atoms with van der Waals surface area (Å²) in [5, 5.41) is 8.73. The van der Waals surface area contributed by atoms with Crippen LogP contribution in [-0.2, 0) is 0 Å². The predicted molar refractivity (Wildman–Crippen MR) is 67.8 cm³/mol. The lowest BCUT2D eigenvalue weighted by atomic mass is 10.1. The molecule has 1 atom stereocenters. The highest BCUT2D eigenvalue weighted by atomic mass is 16.5. The fourth-order valence-electron chi connectivity index (χ4n) is 1.70. The van der Waals surface area contributed by atoms with Crippen LogP contribution in [0, 0.1) is 11.3 Å². The summed E-state index contributed by atoms with van der Waals surface area (Å²) >= 11 is 0. The van der Waals surface area contributed by atoms with Gasteiger partial charge in [-0.15, -0.1) is 0 Å². The summed E-state index contributed by atoms with van der Waals surface area (Å²) in [5.74, 6) is 0.736. The summed E-state index contributed by atoms with van der Waals surface area (Å²) in [5.41, 5.74) is 0.403. The van der Waals surface area contributed by atoms with Gasteiger partial charge in [0.25, 0.3) is 0 Å². The van der Waals surface area contributed by atoms with Crippen LogP contribution in [0.25, 0.3) is 0 Å². The van der Waals surface area contributed by atoms with Crippen LogP contribution < -0.4 is 4.74 Å². The van der Waals surface area contributed by atoms with E-state index in [2.05, 4.69) is 18.8 Å². The van der Waals surface area contributed by atoms with Crippen LogP contribution in [-0.4, -0.2) is 11.1 Å². The molecule has 0 radical (unpaired) electrons.